The third-order valence-corrected chi connectivity index (χ3v) is 4.31. The molecule has 0 aliphatic carbocycles. The highest BCUT2D eigenvalue weighted by Gasteiger charge is 2.14. The van der Waals surface area contributed by atoms with Crippen LogP contribution in [-0.4, -0.2) is 19.6 Å². The van der Waals surface area contributed by atoms with Crippen LogP contribution in [0, 0.1) is 13.8 Å². The maximum atomic E-state index is 6.02. The van der Waals surface area contributed by atoms with Crippen molar-refractivity contribution >= 4 is 34.5 Å². The Kier molecular flexibility index (Phi) is 3.35. The van der Waals surface area contributed by atoms with E-state index in [0.717, 1.165) is 5.82 Å². The topological polar surface area (TPSA) is 55.1 Å². The van der Waals surface area contributed by atoms with Gasteiger partial charge in [-0.2, -0.15) is 19.6 Å². The summed E-state index contributed by atoms with van der Waals surface area (Å²) in [6.07, 6.45) is 1.47. The molecule has 0 aromatic carbocycles. The van der Waals surface area contributed by atoms with Crippen LogP contribution in [0.15, 0.2) is 18.5 Å². The molecule has 3 rings (SSSR count). The highest BCUT2D eigenvalue weighted by atomic mass is 35.5. The molecule has 0 bridgehead atoms. The van der Waals surface area contributed by atoms with Crippen LogP contribution in [0.1, 0.15) is 28.3 Å². The van der Waals surface area contributed by atoms with E-state index in [1.54, 1.807) is 21.9 Å². The number of nitrogens with zero attached hydrogens (tertiary/aromatic N) is 4. The summed E-state index contributed by atoms with van der Waals surface area (Å²) < 4.78 is 1.65. The molecule has 0 aliphatic rings. The molecule has 3 aromatic heterocycles. The fraction of sp³-hybridized carbons (Fsp3) is 0.308. The van der Waals surface area contributed by atoms with Gasteiger partial charge in [-0.05, 0) is 32.4 Å². The molecule has 3 heterocycles. The highest BCUT2D eigenvalue weighted by molar-refractivity contribution is 7.12. The van der Waals surface area contributed by atoms with E-state index in [9.17, 15) is 0 Å². The zero-order valence-electron chi connectivity index (χ0n) is 11.4. The summed E-state index contributed by atoms with van der Waals surface area (Å²) in [5, 5.41) is 7.98. The van der Waals surface area contributed by atoms with Crippen molar-refractivity contribution in [3.63, 3.8) is 0 Å². The maximum Gasteiger partial charge on any atom is 0.255 e. The molecule has 1 atom stereocenters. The monoisotopic (exact) mass is 307 g/mol. The average Bonchev–Trinajstić information content (AvgIpc) is 2.95. The van der Waals surface area contributed by atoms with Crippen LogP contribution in [-0.2, 0) is 0 Å². The number of hydrogen-bond acceptors (Lipinski definition) is 5. The lowest BCUT2D eigenvalue weighted by Gasteiger charge is -2.16. The van der Waals surface area contributed by atoms with Gasteiger partial charge in [0.05, 0.1) is 6.04 Å². The van der Waals surface area contributed by atoms with Crippen molar-refractivity contribution in [3.8, 4) is 0 Å². The lowest BCUT2D eigenvalue weighted by Crippen LogP contribution is -2.11. The minimum Gasteiger partial charge on any atom is -0.363 e. The first-order chi connectivity index (χ1) is 9.54. The molecule has 0 saturated heterocycles. The zero-order chi connectivity index (χ0) is 14.3. The summed E-state index contributed by atoms with van der Waals surface area (Å²) in [6.45, 7) is 6.37. The SMILES string of the molecule is Cc1cc(C(C)Nc2cc(Cl)nc3ncnn23)c(C)s1. The first kappa shape index (κ1) is 13.3. The minimum atomic E-state index is 0.158. The second-order valence-electron chi connectivity index (χ2n) is 4.67. The van der Waals surface area contributed by atoms with Crippen LogP contribution in [0.3, 0.4) is 0 Å². The summed E-state index contributed by atoms with van der Waals surface area (Å²) in [6, 6.07) is 4.12. The van der Waals surface area contributed by atoms with Gasteiger partial charge in [0, 0.05) is 15.8 Å². The van der Waals surface area contributed by atoms with Crippen LogP contribution < -0.4 is 5.32 Å². The number of nitrogens with one attached hydrogen (secondary N) is 1. The molecule has 5 nitrogen and oxygen atoms in total. The van der Waals surface area contributed by atoms with Crippen molar-refractivity contribution in [1.29, 1.82) is 0 Å². The Morgan fingerprint density at radius 2 is 2.15 bits per heavy atom. The molecule has 1 N–H and O–H groups in total. The third-order valence-electron chi connectivity index (χ3n) is 3.13. The van der Waals surface area contributed by atoms with Crippen molar-refractivity contribution in [2.75, 3.05) is 5.32 Å². The standard InChI is InChI=1S/C13H14ClN5S/c1-7-4-10(9(3)20-7)8(2)17-12-5-11(14)18-13-15-6-16-19(12)13/h4-6,8,17H,1-3H3. The van der Waals surface area contributed by atoms with Gasteiger partial charge >= 0.3 is 0 Å². The smallest absolute Gasteiger partial charge is 0.255 e. The third kappa shape index (κ3) is 2.36. The number of rotatable bonds is 3. The van der Waals surface area contributed by atoms with Crippen molar-refractivity contribution < 1.29 is 0 Å². The Morgan fingerprint density at radius 1 is 1.35 bits per heavy atom. The number of anilines is 1. The first-order valence-electron chi connectivity index (χ1n) is 6.24. The summed E-state index contributed by atoms with van der Waals surface area (Å²) in [4.78, 5) is 10.8. The van der Waals surface area contributed by atoms with Crippen molar-refractivity contribution in [1.82, 2.24) is 19.6 Å². The number of fused-ring (bicyclic) bond motifs is 1. The number of aryl methyl sites for hydroxylation is 2. The Bertz CT molecular complexity index is 763. The second kappa shape index (κ2) is 5.03. The molecule has 20 heavy (non-hydrogen) atoms. The molecule has 104 valence electrons. The molecule has 0 fully saturated rings. The predicted octanol–water partition coefficient (Wildman–Crippen LogP) is 3.63. The fourth-order valence-corrected chi connectivity index (χ4v) is 3.47. The summed E-state index contributed by atoms with van der Waals surface area (Å²) in [5.74, 6) is 1.28. The lowest BCUT2D eigenvalue weighted by atomic mass is 10.1. The Balaban J connectivity index is 1.96. The van der Waals surface area contributed by atoms with Crippen LogP contribution in [0.5, 0.6) is 0 Å². The van der Waals surface area contributed by atoms with Crippen LogP contribution in [0.25, 0.3) is 5.78 Å². The molecular weight excluding hydrogens is 294 g/mol. The van der Waals surface area contributed by atoms with E-state index in [-0.39, 0.29) is 6.04 Å². The molecule has 0 saturated carbocycles. The van der Waals surface area contributed by atoms with E-state index in [1.807, 2.05) is 0 Å². The molecule has 7 heteroatoms. The molecule has 1 unspecified atom stereocenters. The summed E-state index contributed by atoms with van der Waals surface area (Å²) in [7, 11) is 0. The summed E-state index contributed by atoms with van der Waals surface area (Å²) in [5.41, 5.74) is 1.29. The van der Waals surface area contributed by atoms with Crippen LogP contribution >= 0.6 is 22.9 Å². The molecular formula is C13H14ClN5S. The Morgan fingerprint density at radius 3 is 2.85 bits per heavy atom. The van der Waals surface area contributed by atoms with E-state index in [0.29, 0.717) is 10.9 Å². The van der Waals surface area contributed by atoms with E-state index in [4.69, 9.17) is 11.6 Å². The van der Waals surface area contributed by atoms with Gasteiger partial charge in [-0.3, -0.25) is 0 Å². The maximum absolute atomic E-state index is 6.02. The van der Waals surface area contributed by atoms with Gasteiger partial charge in [-0.15, -0.1) is 11.3 Å². The first-order valence-corrected chi connectivity index (χ1v) is 7.44. The van der Waals surface area contributed by atoms with Crippen LogP contribution in [0.2, 0.25) is 5.15 Å². The normalized spacial score (nSPS) is 12.8. The predicted molar refractivity (Wildman–Crippen MR) is 81.6 cm³/mol. The van der Waals surface area contributed by atoms with Gasteiger partial charge in [0.2, 0.25) is 0 Å². The van der Waals surface area contributed by atoms with Crippen molar-refractivity contribution in [2.45, 2.75) is 26.8 Å². The van der Waals surface area contributed by atoms with E-state index >= 15 is 0 Å². The second-order valence-corrected chi connectivity index (χ2v) is 6.52. The minimum absolute atomic E-state index is 0.158. The largest absolute Gasteiger partial charge is 0.363 e. The van der Waals surface area contributed by atoms with Gasteiger partial charge < -0.3 is 5.32 Å². The van der Waals surface area contributed by atoms with Crippen molar-refractivity contribution in [2.24, 2.45) is 0 Å². The Hall–Kier alpha value is -1.66. The van der Waals surface area contributed by atoms with Gasteiger partial charge in [-0.1, -0.05) is 11.6 Å². The number of thiophene rings is 1. The molecule has 3 aromatic rings. The van der Waals surface area contributed by atoms with Gasteiger partial charge in [0.25, 0.3) is 5.78 Å². The van der Waals surface area contributed by atoms with Gasteiger partial charge in [-0.25, -0.2) is 0 Å². The van der Waals surface area contributed by atoms with Crippen molar-refractivity contribution in [3.05, 3.63) is 38.9 Å². The van der Waals surface area contributed by atoms with E-state index in [1.165, 1.54) is 21.6 Å². The molecule has 0 spiro atoms. The van der Waals surface area contributed by atoms with Gasteiger partial charge in [0.1, 0.15) is 17.3 Å². The zero-order valence-corrected chi connectivity index (χ0v) is 13.0. The fourth-order valence-electron chi connectivity index (χ4n) is 2.27. The number of aromatic nitrogens is 4. The van der Waals surface area contributed by atoms with Crippen LogP contribution in [0.4, 0.5) is 5.82 Å². The average molecular weight is 308 g/mol. The van der Waals surface area contributed by atoms with E-state index < -0.39 is 0 Å². The lowest BCUT2D eigenvalue weighted by molar-refractivity contribution is 0.839. The summed E-state index contributed by atoms with van der Waals surface area (Å²) >= 11 is 7.82. The number of halogens is 1. The molecule has 0 aliphatic heterocycles. The molecule has 0 radical (unpaired) electrons. The molecule has 0 amide bonds. The quantitative estimate of drug-likeness (QED) is 0.751. The van der Waals surface area contributed by atoms with Gasteiger partial charge in [0.15, 0.2) is 0 Å². The number of hydrogen-bond donors (Lipinski definition) is 1. The van der Waals surface area contributed by atoms with E-state index in [2.05, 4.69) is 47.2 Å². The Labute approximate surface area is 125 Å². The highest BCUT2D eigenvalue weighted by Crippen LogP contribution is 2.29.